The largest absolute Gasteiger partial charge is 0.313 e. The summed E-state index contributed by atoms with van der Waals surface area (Å²) in [6, 6.07) is 15.3. The van der Waals surface area contributed by atoms with E-state index < -0.39 is 0 Å². The quantitative estimate of drug-likeness (QED) is 0.723. The van der Waals surface area contributed by atoms with Crippen LogP contribution in [0.1, 0.15) is 23.6 Å². The van der Waals surface area contributed by atoms with Crippen molar-refractivity contribution in [1.29, 1.82) is 0 Å². The van der Waals surface area contributed by atoms with Crippen LogP contribution in [0.3, 0.4) is 0 Å². The van der Waals surface area contributed by atoms with Crippen molar-refractivity contribution in [3.8, 4) is 0 Å². The molecular weight excluding hydrogens is 330 g/mol. The van der Waals surface area contributed by atoms with E-state index >= 15 is 0 Å². The lowest BCUT2D eigenvalue weighted by atomic mass is 10.2. The molecule has 0 saturated carbocycles. The second kappa shape index (κ2) is 7.87. The number of halogens is 1. The number of hydrogen-bond donors (Lipinski definition) is 1. The highest BCUT2D eigenvalue weighted by molar-refractivity contribution is 9.10. The Bertz CT molecular complexity index is 569. The fourth-order valence-electron chi connectivity index (χ4n) is 2.00. The van der Waals surface area contributed by atoms with Crippen molar-refractivity contribution in [2.75, 3.05) is 6.54 Å². The molecule has 0 amide bonds. The number of aryl methyl sites for hydroxylation is 1. The van der Waals surface area contributed by atoms with Crippen LogP contribution in [0.25, 0.3) is 0 Å². The van der Waals surface area contributed by atoms with E-state index in [2.05, 4.69) is 77.6 Å². The Morgan fingerprint density at radius 1 is 1.10 bits per heavy atom. The van der Waals surface area contributed by atoms with Crippen LogP contribution in [0.5, 0.6) is 0 Å². The lowest BCUT2D eigenvalue weighted by Crippen LogP contribution is -2.11. The van der Waals surface area contributed by atoms with Gasteiger partial charge in [0.2, 0.25) is 0 Å². The summed E-state index contributed by atoms with van der Waals surface area (Å²) in [5, 5.41) is 3.35. The van der Waals surface area contributed by atoms with E-state index in [4.69, 9.17) is 0 Å². The third-order valence-electron chi connectivity index (χ3n) is 3.05. The fourth-order valence-corrected chi connectivity index (χ4v) is 3.64. The van der Waals surface area contributed by atoms with Gasteiger partial charge in [-0.05, 0) is 52.7 Å². The van der Waals surface area contributed by atoms with Gasteiger partial charge in [0.25, 0.3) is 0 Å². The first-order valence-electron chi connectivity index (χ1n) is 6.86. The zero-order chi connectivity index (χ0) is 14.4. The fraction of sp³-hybridized carbons (Fsp3) is 0.294. The van der Waals surface area contributed by atoms with E-state index in [-0.39, 0.29) is 0 Å². The minimum Gasteiger partial charge on any atom is -0.313 e. The van der Waals surface area contributed by atoms with Crippen molar-refractivity contribution in [1.82, 2.24) is 5.32 Å². The zero-order valence-corrected chi connectivity index (χ0v) is 14.4. The molecule has 106 valence electrons. The maximum absolute atomic E-state index is 3.68. The van der Waals surface area contributed by atoms with Crippen molar-refractivity contribution in [2.45, 2.75) is 31.0 Å². The molecule has 0 unspecified atom stereocenters. The number of benzene rings is 2. The number of thioether (sulfide) groups is 1. The van der Waals surface area contributed by atoms with Crippen LogP contribution >= 0.6 is 27.7 Å². The second-order valence-corrected chi connectivity index (χ2v) is 6.69. The van der Waals surface area contributed by atoms with Gasteiger partial charge in [-0.25, -0.2) is 0 Å². The molecular formula is C17H20BrNS. The number of hydrogen-bond acceptors (Lipinski definition) is 2. The predicted octanol–water partition coefficient (Wildman–Crippen LogP) is 5.16. The average molecular weight is 350 g/mol. The molecule has 0 atom stereocenters. The zero-order valence-electron chi connectivity index (χ0n) is 11.9. The normalized spacial score (nSPS) is 10.8. The van der Waals surface area contributed by atoms with Gasteiger partial charge in [-0.3, -0.25) is 0 Å². The van der Waals surface area contributed by atoms with Gasteiger partial charge in [0.15, 0.2) is 0 Å². The van der Waals surface area contributed by atoms with Crippen LogP contribution in [0.2, 0.25) is 0 Å². The first-order valence-corrected chi connectivity index (χ1v) is 8.64. The van der Waals surface area contributed by atoms with Crippen LogP contribution < -0.4 is 5.32 Å². The van der Waals surface area contributed by atoms with Crippen molar-refractivity contribution < 1.29 is 0 Å². The minimum atomic E-state index is 0.928. The third kappa shape index (κ3) is 4.65. The lowest BCUT2D eigenvalue weighted by Gasteiger charge is -2.08. The van der Waals surface area contributed by atoms with E-state index in [0.29, 0.717) is 0 Å². The third-order valence-corrected chi connectivity index (χ3v) is 5.12. The first kappa shape index (κ1) is 15.6. The Hall–Kier alpha value is -0.770. The Kier molecular flexibility index (Phi) is 6.14. The van der Waals surface area contributed by atoms with Crippen molar-refractivity contribution in [3.05, 3.63) is 63.6 Å². The van der Waals surface area contributed by atoms with Gasteiger partial charge in [0, 0.05) is 21.7 Å². The molecule has 0 aliphatic heterocycles. The van der Waals surface area contributed by atoms with Crippen molar-refractivity contribution in [3.63, 3.8) is 0 Å². The Morgan fingerprint density at radius 3 is 2.65 bits per heavy atom. The SMILES string of the molecule is CCNCc1ccc(SCc2cccc(C)c2)c(Br)c1. The smallest absolute Gasteiger partial charge is 0.0314 e. The van der Waals surface area contributed by atoms with Crippen LogP contribution in [-0.4, -0.2) is 6.54 Å². The highest BCUT2D eigenvalue weighted by atomic mass is 79.9. The van der Waals surface area contributed by atoms with E-state index in [0.717, 1.165) is 18.8 Å². The molecule has 0 aliphatic rings. The molecule has 2 aromatic carbocycles. The number of rotatable bonds is 6. The molecule has 20 heavy (non-hydrogen) atoms. The van der Waals surface area contributed by atoms with Crippen LogP contribution in [-0.2, 0) is 12.3 Å². The molecule has 0 spiro atoms. The molecule has 0 saturated heterocycles. The summed E-state index contributed by atoms with van der Waals surface area (Å²) < 4.78 is 1.19. The van der Waals surface area contributed by atoms with Crippen molar-refractivity contribution in [2.24, 2.45) is 0 Å². The highest BCUT2D eigenvalue weighted by Gasteiger charge is 2.03. The summed E-state index contributed by atoms with van der Waals surface area (Å²) >= 11 is 5.55. The Balaban J connectivity index is 1.99. The van der Waals surface area contributed by atoms with Gasteiger partial charge in [0.1, 0.15) is 0 Å². The molecule has 0 aliphatic carbocycles. The second-order valence-electron chi connectivity index (χ2n) is 4.82. The van der Waals surface area contributed by atoms with E-state index in [9.17, 15) is 0 Å². The minimum absolute atomic E-state index is 0.928. The van der Waals surface area contributed by atoms with Crippen LogP contribution in [0.15, 0.2) is 51.8 Å². The lowest BCUT2D eigenvalue weighted by molar-refractivity contribution is 0.726. The van der Waals surface area contributed by atoms with Gasteiger partial charge in [-0.2, -0.15) is 0 Å². The van der Waals surface area contributed by atoms with Gasteiger partial charge < -0.3 is 5.32 Å². The van der Waals surface area contributed by atoms with E-state index in [1.54, 1.807) is 0 Å². The highest BCUT2D eigenvalue weighted by Crippen LogP contribution is 2.31. The molecule has 0 radical (unpaired) electrons. The van der Waals surface area contributed by atoms with Gasteiger partial charge >= 0.3 is 0 Å². The first-order chi connectivity index (χ1) is 9.69. The molecule has 0 heterocycles. The summed E-state index contributed by atoms with van der Waals surface area (Å²) in [6.45, 7) is 6.19. The van der Waals surface area contributed by atoms with E-state index in [1.165, 1.54) is 26.1 Å². The predicted molar refractivity (Wildman–Crippen MR) is 92.3 cm³/mol. The molecule has 0 fully saturated rings. The van der Waals surface area contributed by atoms with Crippen LogP contribution in [0, 0.1) is 6.92 Å². The molecule has 0 aromatic heterocycles. The average Bonchev–Trinajstić information content (AvgIpc) is 2.44. The molecule has 1 N–H and O–H groups in total. The maximum Gasteiger partial charge on any atom is 0.0314 e. The van der Waals surface area contributed by atoms with Crippen molar-refractivity contribution >= 4 is 27.7 Å². The standard InChI is InChI=1S/C17H20BrNS/c1-3-19-11-14-7-8-17(16(18)10-14)20-12-15-6-4-5-13(2)9-15/h4-10,19H,3,11-12H2,1-2H3. The summed E-state index contributed by atoms with van der Waals surface area (Å²) in [5.74, 6) is 1.01. The van der Waals surface area contributed by atoms with Gasteiger partial charge in [0.05, 0.1) is 0 Å². The topological polar surface area (TPSA) is 12.0 Å². The number of nitrogens with one attached hydrogen (secondary N) is 1. The summed E-state index contributed by atoms with van der Waals surface area (Å²) in [4.78, 5) is 1.30. The summed E-state index contributed by atoms with van der Waals surface area (Å²) in [6.07, 6.45) is 0. The van der Waals surface area contributed by atoms with Crippen LogP contribution in [0.4, 0.5) is 0 Å². The van der Waals surface area contributed by atoms with E-state index in [1.807, 2.05) is 11.8 Å². The summed E-state index contributed by atoms with van der Waals surface area (Å²) in [5.41, 5.74) is 4.01. The van der Waals surface area contributed by atoms with Gasteiger partial charge in [-0.15, -0.1) is 11.8 Å². The monoisotopic (exact) mass is 349 g/mol. The molecule has 0 bridgehead atoms. The Morgan fingerprint density at radius 2 is 1.95 bits per heavy atom. The molecule has 3 heteroatoms. The Labute approximate surface area is 134 Å². The van der Waals surface area contributed by atoms with Gasteiger partial charge in [-0.1, -0.05) is 42.8 Å². The molecule has 2 aromatic rings. The molecule has 2 rings (SSSR count). The summed E-state index contributed by atoms with van der Waals surface area (Å²) in [7, 11) is 0. The molecule has 1 nitrogen and oxygen atoms in total. The maximum atomic E-state index is 3.68.